The normalized spacial score (nSPS) is 11.0. The molecule has 6 nitrogen and oxygen atoms in total. The van der Waals surface area contributed by atoms with E-state index in [1.54, 1.807) is 58.7 Å². The van der Waals surface area contributed by atoms with E-state index in [0.29, 0.717) is 36.7 Å². The summed E-state index contributed by atoms with van der Waals surface area (Å²) >= 11 is 1.59. The molecule has 0 spiro atoms. The monoisotopic (exact) mass is 456 g/mol. The minimum atomic E-state index is -3.75. The van der Waals surface area contributed by atoms with Gasteiger partial charge in [0.25, 0.3) is 15.9 Å². The lowest BCUT2D eigenvalue weighted by atomic mass is 10.2. The summed E-state index contributed by atoms with van der Waals surface area (Å²) in [6.07, 6.45) is 1.69. The Morgan fingerprint density at radius 2 is 1.84 bits per heavy atom. The quantitative estimate of drug-likeness (QED) is 0.446. The van der Waals surface area contributed by atoms with Crippen LogP contribution in [0.1, 0.15) is 22.2 Å². The topological polar surface area (TPSA) is 75.7 Å². The first-order chi connectivity index (χ1) is 14.9. The first-order valence-corrected chi connectivity index (χ1v) is 12.1. The summed E-state index contributed by atoms with van der Waals surface area (Å²) in [5.74, 6) is 0.463. The Kier molecular flexibility index (Phi) is 7.49. The summed E-state index contributed by atoms with van der Waals surface area (Å²) in [6, 6.07) is 16.5. The third-order valence-electron chi connectivity index (χ3n) is 4.39. The number of hydrogen-bond donors (Lipinski definition) is 1. The largest absolute Gasteiger partial charge is 0.494 e. The molecule has 0 fully saturated rings. The maximum Gasteiger partial charge on any atom is 0.261 e. The molecule has 0 saturated carbocycles. The Morgan fingerprint density at radius 1 is 1.13 bits per heavy atom. The first-order valence-electron chi connectivity index (χ1n) is 9.71. The molecule has 1 aromatic heterocycles. The fraction of sp³-hybridized carbons (Fsp3) is 0.174. The highest BCUT2D eigenvalue weighted by Gasteiger charge is 2.17. The van der Waals surface area contributed by atoms with Gasteiger partial charge < -0.3 is 9.64 Å². The summed E-state index contributed by atoms with van der Waals surface area (Å²) in [5.41, 5.74) is 0.849. The van der Waals surface area contributed by atoms with Crippen molar-refractivity contribution in [2.75, 3.05) is 17.9 Å². The van der Waals surface area contributed by atoms with Gasteiger partial charge in [0, 0.05) is 22.7 Å². The molecule has 0 atom stereocenters. The molecule has 0 radical (unpaired) electrons. The van der Waals surface area contributed by atoms with Crippen molar-refractivity contribution in [1.29, 1.82) is 0 Å². The molecule has 0 aliphatic heterocycles. The van der Waals surface area contributed by atoms with Crippen LogP contribution in [-0.2, 0) is 16.6 Å². The molecule has 1 N–H and O–H groups in total. The van der Waals surface area contributed by atoms with Crippen LogP contribution >= 0.6 is 11.3 Å². The Bertz CT molecular complexity index is 1110. The van der Waals surface area contributed by atoms with E-state index in [-0.39, 0.29) is 10.8 Å². The Labute approximate surface area is 186 Å². The molecule has 0 aliphatic carbocycles. The second-order valence-corrected chi connectivity index (χ2v) is 9.36. The van der Waals surface area contributed by atoms with Gasteiger partial charge >= 0.3 is 0 Å². The number of nitrogens with zero attached hydrogens (tertiary/aromatic N) is 1. The van der Waals surface area contributed by atoms with Crippen molar-refractivity contribution >= 4 is 33.0 Å². The molecular weight excluding hydrogens is 432 g/mol. The predicted octanol–water partition coefficient (Wildman–Crippen LogP) is 4.78. The van der Waals surface area contributed by atoms with Gasteiger partial charge in [0.15, 0.2) is 0 Å². The van der Waals surface area contributed by atoms with Gasteiger partial charge in [-0.05, 0) is 66.9 Å². The van der Waals surface area contributed by atoms with Crippen LogP contribution in [0.2, 0.25) is 0 Å². The molecular formula is C23H24N2O4S2. The fourth-order valence-electron chi connectivity index (χ4n) is 2.92. The number of carbonyl (C=O) groups is 1. The molecule has 0 unspecified atom stereocenters. The van der Waals surface area contributed by atoms with Crippen molar-refractivity contribution in [3.63, 3.8) is 0 Å². The molecule has 3 aromatic rings. The third kappa shape index (κ3) is 5.96. The molecule has 1 heterocycles. The minimum Gasteiger partial charge on any atom is -0.494 e. The Balaban J connectivity index is 1.71. The number of ether oxygens (including phenoxy) is 1. The zero-order valence-electron chi connectivity index (χ0n) is 17.2. The van der Waals surface area contributed by atoms with Crippen molar-refractivity contribution in [2.24, 2.45) is 0 Å². The van der Waals surface area contributed by atoms with Gasteiger partial charge in [0.05, 0.1) is 18.0 Å². The lowest BCUT2D eigenvalue weighted by Gasteiger charge is -2.20. The van der Waals surface area contributed by atoms with Crippen molar-refractivity contribution in [3.8, 4) is 5.75 Å². The fourth-order valence-corrected chi connectivity index (χ4v) is 4.70. The van der Waals surface area contributed by atoms with Crippen molar-refractivity contribution < 1.29 is 17.9 Å². The van der Waals surface area contributed by atoms with E-state index >= 15 is 0 Å². The van der Waals surface area contributed by atoms with Gasteiger partial charge in [-0.1, -0.05) is 12.1 Å². The van der Waals surface area contributed by atoms with Crippen LogP contribution in [-0.4, -0.2) is 32.4 Å². The number of nitrogens with one attached hydrogen (secondary N) is 1. The molecule has 0 aliphatic rings. The summed E-state index contributed by atoms with van der Waals surface area (Å²) in [5, 5.41) is 1.97. The molecule has 0 saturated heterocycles. The van der Waals surface area contributed by atoms with Gasteiger partial charge in [0.1, 0.15) is 5.75 Å². The summed E-state index contributed by atoms with van der Waals surface area (Å²) in [6.45, 7) is 7.01. The number of carbonyl (C=O) groups excluding carboxylic acids is 1. The highest BCUT2D eigenvalue weighted by molar-refractivity contribution is 7.92. The van der Waals surface area contributed by atoms with Crippen LogP contribution in [0.4, 0.5) is 5.69 Å². The third-order valence-corrected chi connectivity index (χ3v) is 6.65. The van der Waals surface area contributed by atoms with Crippen molar-refractivity contribution in [2.45, 2.75) is 18.4 Å². The zero-order chi connectivity index (χ0) is 22.3. The van der Waals surface area contributed by atoms with Gasteiger partial charge in [-0.25, -0.2) is 8.42 Å². The number of thiophene rings is 1. The Hall–Kier alpha value is -3.10. The van der Waals surface area contributed by atoms with Gasteiger partial charge in [-0.15, -0.1) is 17.9 Å². The van der Waals surface area contributed by atoms with E-state index in [1.165, 1.54) is 12.1 Å². The summed E-state index contributed by atoms with van der Waals surface area (Å²) in [4.78, 5) is 15.8. The predicted molar refractivity (Wildman–Crippen MR) is 124 cm³/mol. The average molecular weight is 457 g/mol. The minimum absolute atomic E-state index is 0.129. The van der Waals surface area contributed by atoms with Crippen molar-refractivity contribution in [1.82, 2.24) is 4.90 Å². The summed E-state index contributed by atoms with van der Waals surface area (Å²) < 4.78 is 33.1. The second-order valence-electron chi connectivity index (χ2n) is 6.64. The average Bonchev–Trinajstić information content (AvgIpc) is 3.27. The van der Waals surface area contributed by atoms with E-state index in [0.717, 1.165) is 4.88 Å². The van der Waals surface area contributed by atoms with E-state index in [1.807, 2.05) is 24.4 Å². The lowest BCUT2D eigenvalue weighted by molar-refractivity contribution is 0.0764. The molecule has 1 amide bonds. The van der Waals surface area contributed by atoms with Gasteiger partial charge in [-0.3, -0.25) is 9.52 Å². The van der Waals surface area contributed by atoms with Crippen LogP contribution in [0.15, 0.2) is 83.6 Å². The number of rotatable bonds is 10. The summed E-state index contributed by atoms with van der Waals surface area (Å²) in [7, 11) is -3.75. The number of sulfonamides is 1. The van der Waals surface area contributed by atoms with Crippen LogP contribution < -0.4 is 9.46 Å². The molecule has 0 bridgehead atoms. The van der Waals surface area contributed by atoms with Crippen LogP contribution in [0.25, 0.3) is 0 Å². The van der Waals surface area contributed by atoms with E-state index < -0.39 is 10.0 Å². The highest BCUT2D eigenvalue weighted by Crippen LogP contribution is 2.21. The number of anilines is 1. The van der Waals surface area contributed by atoms with E-state index in [9.17, 15) is 13.2 Å². The first kappa shape index (κ1) is 22.6. The van der Waals surface area contributed by atoms with Crippen LogP contribution in [0.5, 0.6) is 5.75 Å². The molecule has 162 valence electrons. The number of benzene rings is 2. The maximum absolute atomic E-state index is 12.9. The molecule has 2 aromatic carbocycles. The SMILES string of the molecule is C=CCN(Cc1cccs1)C(=O)c1ccc(NS(=O)(=O)c2ccc(OCC)cc2)cc1. The number of amides is 1. The van der Waals surface area contributed by atoms with Gasteiger partial charge in [-0.2, -0.15) is 0 Å². The Morgan fingerprint density at radius 3 is 2.42 bits per heavy atom. The molecule has 8 heteroatoms. The van der Waals surface area contributed by atoms with Crippen molar-refractivity contribution in [3.05, 3.63) is 89.1 Å². The van der Waals surface area contributed by atoms with E-state index in [4.69, 9.17) is 4.74 Å². The molecule has 31 heavy (non-hydrogen) atoms. The number of hydrogen-bond acceptors (Lipinski definition) is 5. The molecule has 3 rings (SSSR count). The standard InChI is InChI=1S/C23H24N2O4S2/c1-3-15-25(17-21-6-5-16-30-21)23(26)18-7-9-19(10-8-18)24-31(27,28)22-13-11-20(12-14-22)29-4-2/h3,5-14,16,24H,1,4,15,17H2,2H3. The smallest absolute Gasteiger partial charge is 0.261 e. The van der Waals surface area contributed by atoms with E-state index in [2.05, 4.69) is 11.3 Å². The second kappa shape index (κ2) is 10.3. The van der Waals surface area contributed by atoms with Crippen LogP contribution in [0, 0.1) is 0 Å². The lowest BCUT2D eigenvalue weighted by Crippen LogP contribution is -2.30. The zero-order valence-corrected chi connectivity index (χ0v) is 18.8. The maximum atomic E-state index is 12.9. The highest BCUT2D eigenvalue weighted by atomic mass is 32.2. The van der Waals surface area contributed by atoms with Gasteiger partial charge in [0.2, 0.25) is 0 Å². The van der Waals surface area contributed by atoms with Crippen LogP contribution in [0.3, 0.4) is 0 Å².